The van der Waals surface area contributed by atoms with E-state index in [2.05, 4.69) is 9.97 Å². The first kappa shape index (κ1) is 23.6. The molecule has 0 unspecified atom stereocenters. The van der Waals surface area contributed by atoms with E-state index >= 15 is 0 Å². The number of sulfonamides is 2. The molecule has 0 aliphatic heterocycles. The van der Waals surface area contributed by atoms with Crippen LogP contribution in [0.2, 0.25) is 0 Å². The molecule has 1 heterocycles. The smallest absolute Gasteiger partial charge is 0.337 e. The van der Waals surface area contributed by atoms with Gasteiger partial charge in [-0.2, -0.15) is 9.97 Å². The Bertz CT molecular complexity index is 1210. The molecule has 0 aliphatic rings. The molecule has 0 spiro atoms. The predicted octanol–water partition coefficient (Wildman–Crippen LogP) is 0.0739. The summed E-state index contributed by atoms with van der Waals surface area (Å²) in [7, 11) is -5.96. The van der Waals surface area contributed by atoms with E-state index in [9.17, 15) is 31.5 Å². The Balaban J connectivity index is 2.35. The van der Waals surface area contributed by atoms with Crippen LogP contribution in [0.25, 0.3) is 0 Å². The molecule has 0 atom stereocenters. The van der Waals surface area contributed by atoms with Crippen molar-refractivity contribution in [3.8, 4) is 11.8 Å². The van der Waals surface area contributed by atoms with Gasteiger partial charge in [0.2, 0.25) is 27.7 Å². The highest BCUT2D eigenvalue weighted by Gasteiger charge is 2.26. The fraction of sp³-hybridized carbons (Fsp3) is 0.200. The van der Waals surface area contributed by atoms with Gasteiger partial charge in [-0.25, -0.2) is 31.1 Å². The normalized spacial score (nSPS) is 11.3. The number of amides is 2. The SMILES string of the molecule is COc1cc(OC)nc(NC(=O)NS(=O)(=O)c2cc(NS(C)(=O)=O)ccc2C(=O)O)n1. The molecule has 14 nitrogen and oxygen atoms in total. The maximum atomic E-state index is 12.6. The molecule has 1 aromatic heterocycles. The molecule has 0 aliphatic carbocycles. The minimum Gasteiger partial charge on any atom is -0.481 e. The molecular weight excluding hydrogens is 458 g/mol. The number of aromatic nitrogens is 2. The van der Waals surface area contributed by atoms with Gasteiger partial charge in [-0.3, -0.25) is 10.0 Å². The lowest BCUT2D eigenvalue weighted by atomic mass is 10.2. The van der Waals surface area contributed by atoms with Crippen molar-refractivity contribution in [2.75, 3.05) is 30.5 Å². The summed E-state index contributed by atoms with van der Waals surface area (Å²) in [6.07, 6.45) is 0.820. The molecule has 0 saturated heterocycles. The van der Waals surface area contributed by atoms with Crippen LogP contribution in [0.15, 0.2) is 29.2 Å². The van der Waals surface area contributed by atoms with E-state index in [4.69, 9.17) is 9.47 Å². The van der Waals surface area contributed by atoms with Crippen LogP contribution in [-0.4, -0.2) is 64.4 Å². The Hall–Kier alpha value is -3.66. The highest BCUT2D eigenvalue weighted by Crippen LogP contribution is 2.22. The van der Waals surface area contributed by atoms with E-state index in [1.165, 1.54) is 20.3 Å². The summed E-state index contributed by atoms with van der Waals surface area (Å²) >= 11 is 0. The third kappa shape index (κ3) is 6.41. The zero-order chi connectivity index (χ0) is 23.4. The number of hydrogen-bond donors (Lipinski definition) is 4. The van der Waals surface area contributed by atoms with Crippen molar-refractivity contribution in [2.24, 2.45) is 0 Å². The molecule has 2 rings (SSSR count). The summed E-state index contributed by atoms with van der Waals surface area (Å²) in [6, 6.07) is 2.66. The van der Waals surface area contributed by atoms with Gasteiger partial charge < -0.3 is 14.6 Å². The third-order valence-corrected chi connectivity index (χ3v) is 5.33. The fourth-order valence-electron chi connectivity index (χ4n) is 2.17. The van der Waals surface area contributed by atoms with Crippen molar-refractivity contribution in [3.63, 3.8) is 0 Å². The molecule has 168 valence electrons. The Labute approximate surface area is 176 Å². The number of carboxylic acid groups (broad SMARTS) is 1. The summed E-state index contributed by atoms with van der Waals surface area (Å²) in [6.45, 7) is 0. The lowest BCUT2D eigenvalue weighted by Gasteiger charge is -2.12. The zero-order valence-electron chi connectivity index (χ0n) is 16.2. The van der Waals surface area contributed by atoms with Gasteiger partial charge in [-0.1, -0.05) is 0 Å². The number of anilines is 2. The number of methoxy groups -OCH3 is 2. The summed E-state index contributed by atoms with van der Waals surface area (Å²) in [5.74, 6) is -1.96. The number of rotatable bonds is 8. The van der Waals surface area contributed by atoms with Crippen LogP contribution >= 0.6 is 0 Å². The minimum atomic E-state index is -4.76. The first-order valence-corrected chi connectivity index (χ1v) is 11.4. The first-order valence-electron chi connectivity index (χ1n) is 8.00. The van der Waals surface area contributed by atoms with Crippen molar-refractivity contribution in [3.05, 3.63) is 29.8 Å². The number of ether oxygens (including phenoxy) is 2. The summed E-state index contributed by atoms with van der Waals surface area (Å²) in [4.78, 5) is 30.3. The molecule has 0 saturated carbocycles. The number of nitrogens with one attached hydrogen (secondary N) is 3. The van der Waals surface area contributed by atoms with Gasteiger partial charge in [0.15, 0.2) is 0 Å². The van der Waals surface area contributed by atoms with Crippen LogP contribution in [0, 0.1) is 0 Å². The second kappa shape index (κ2) is 9.00. The molecule has 16 heteroatoms. The lowest BCUT2D eigenvalue weighted by Crippen LogP contribution is -2.35. The van der Waals surface area contributed by atoms with Crippen molar-refractivity contribution in [1.29, 1.82) is 0 Å². The predicted molar refractivity (Wildman–Crippen MR) is 106 cm³/mol. The number of carboxylic acids is 1. The molecule has 0 bridgehead atoms. The Morgan fingerprint density at radius 1 is 1.00 bits per heavy atom. The molecule has 0 radical (unpaired) electrons. The van der Waals surface area contributed by atoms with E-state index in [1.807, 2.05) is 10.0 Å². The minimum absolute atomic E-state index is 0.0118. The van der Waals surface area contributed by atoms with Crippen molar-refractivity contribution < 1.29 is 41.0 Å². The standard InChI is InChI=1S/C15H17N5O9S2/c1-28-11-7-12(29-2)17-14(16-11)18-15(23)20-31(26,27)10-6-8(19-30(3,24)25)4-5-9(10)13(21)22/h4-7,19H,1-3H3,(H,21,22)(H2,16,17,18,20,23). The van der Waals surface area contributed by atoms with Gasteiger partial charge in [0.25, 0.3) is 10.0 Å². The van der Waals surface area contributed by atoms with Crippen LogP contribution in [-0.2, 0) is 20.0 Å². The van der Waals surface area contributed by atoms with Crippen LogP contribution in [0.4, 0.5) is 16.4 Å². The average Bonchev–Trinajstić information content (AvgIpc) is 2.65. The summed E-state index contributed by atoms with van der Waals surface area (Å²) in [5, 5.41) is 11.3. The van der Waals surface area contributed by atoms with E-state index in [0.29, 0.717) is 0 Å². The molecule has 2 amide bonds. The average molecular weight is 475 g/mol. The Morgan fingerprint density at radius 3 is 2.06 bits per heavy atom. The maximum absolute atomic E-state index is 12.6. The van der Waals surface area contributed by atoms with Gasteiger partial charge in [0.05, 0.1) is 32.1 Å². The zero-order valence-corrected chi connectivity index (χ0v) is 17.9. The molecule has 31 heavy (non-hydrogen) atoms. The van der Waals surface area contributed by atoms with Gasteiger partial charge in [-0.05, 0) is 18.2 Å². The van der Waals surface area contributed by atoms with Crippen molar-refractivity contribution in [2.45, 2.75) is 4.90 Å². The second-order valence-corrected chi connectivity index (χ2v) is 9.13. The highest BCUT2D eigenvalue weighted by molar-refractivity contribution is 7.92. The molecule has 2 aromatic rings. The van der Waals surface area contributed by atoms with Gasteiger partial charge >= 0.3 is 12.0 Å². The van der Waals surface area contributed by atoms with Gasteiger partial charge in [0.1, 0.15) is 4.90 Å². The largest absolute Gasteiger partial charge is 0.481 e. The number of carbonyl (C=O) groups is 2. The van der Waals surface area contributed by atoms with E-state index in [-0.39, 0.29) is 23.4 Å². The Morgan fingerprint density at radius 2 is 1.58 bits per heavy atom. The number of urea groups is 1. The van der Waals surface area contributed by atoms with Crippen LogP contribution < -0.4 is 24.2 Å². The van der Waals surface area contributed by atoms with Crippen LogP contribution in [0.1, 0.15) is 10.4 Å². The first-order chi connectivity index (χ1) is 14.3. The molecule has 1 aromatic carbocycles. The number of benzene rings is 1. The van der Waals surface area contributed by atoms with Crippen molar-refractivity contribution >= 4 is 43.7 Å². The van der Waals surface area contributed by atoms with Gasteiger partial charge in [0, 0.05) is 5.69 Å². The number of hydrogen-bond acceptors (Lipinski definition) is 10. The molecule has 0 fully saturated rings. The maximum Gasteiger partial charge on any atom is 0.337 e. The monoisotopic (exact) mass is 475 g/mol. The second-order valence-electron chi connectivity index (χ2n) is 5.73. The van der Waals surface area contributed by atoms with Crippen LogP contribution in [0.5, 0.6) is 11.8 Å². The van der Waals surface area contributed by atoms with E-state index in [1.54, 1.807) is 4.72 Å². The lowest BCUT2D eigenvalue weighted by molar-refractivity contribution is 0.0692. The molecule has 4 N–H and O–H groups in total. The van der Waals surface area contributed by atoms with Crippen LogP contribution in [0.3, 0.4) is 0 Å². The summed E-state index contributed by atoms with van der Waals surface area (Å²) in [5.41, 5.74) is -0.923. The number of carbonyl (C=O) groups excluding carboxylic acids is 1. The Kier molecular flexibility index (Phi) is 6.86. The number of nitrogens with zero attached hydrogens (tertiary/aromatic N) is 2. The highest BCUT2D eigenvalue weighted by atomic mass is 32.2. The van der Waals surface area contributed by atoms with Crippen molar-refractivity contribution in [1.82, 2.24) is 14.7 Å². The topological polar surface area (TPSA) is 203 Å². The van der Waals surface area contributed by atoms with Gasteiger partial charge in [-0.15, -0.1) is 0 Å². The summed E-state index contributed by atoms with van der Waals surface area (Å²) < 4.78 is 61.4. The molecular formula is C15H17N5O9S2. The van der Waals surface area contributed by atoms with E-state index < -0.39 is 42.5 Å². The fourth-order valence-corrected chi connectivity index (χ4v) is 3.86. The van der Waals surface area contributed by atoms with E-state index in [0.717, 1.165) is 24.5 Å². The number of aromatic carboxylic acids is 1. The quantitative estimate of drug-likeness (QED) is 0.402. The third-order valence-electron chi connectivity index (χ3n) is 3.35.